The van der Waals surface area contributed by atoms with Gasteiger partial charge in [-0.05, 0) is 30.5 Å². The predicted octanol–water partition coefficient (Wildman–Crippen LogP) is 1.28. The molecule has 3 N–H and O–H groups in total. The predicted molar refractivity (Wildman–Crippen MR) is 65.0 cm³/mol. The Kier molecular flexibility index (Phi) is 4.10. The van der Waals surface area contributed by atoms with Crippen LogP contribution in [0.5, 0.6) is 0 Å². The van der Waals surface area contributed by atoms with E-state index < -0.39 is 0 Å². The molecular formula is C13H19FN2O. The highest BCUT2D eigenvalue weighted by molar-refractivity contribution is 5.19. The first-order valence-electron chi connectivity index (χ1n) is 6.06. The monoisotopic (exact) mass is 238 g/mol. The molecule has 1 saturated heterocycles. The van der Waals surface area contributed by atoms with E-state index in [9.17, 15) is 9.50 Å². The van der Waals surface area contributed by atoms with Crippen molar-refractivity contribution in [1.82, 2.24) is 4.90 Å². The summed E-state index contributed by atoms with van der Waals surface area (Å²) < 4.78 is 13.0. The van der Waals surface area contributed by atoms with Crippen LogP contribution in [0.1, 0.15) is 24.4 Å². The molecule has 0 bridgehead atoms. The van der Waals surface area contributed by atoms with Crippen molar-refractivity contribution in [2.24, 2.45) is 5.73 Å². The first-order valence-corrected chi connectivity index (χ1v) is 6.06. The summed E-state index contributed by atoms with van der Waals surface area (Å²) in [5.41, 5.74) is 6.86. The maximum atomic E-state index is 13.0. The molecule has 3 nitrogen and oxygen atoms in total. The highest BCUT2D eigenvalue weighted by atomic mass is 19.1. The Morgan fingerprint density at radius 3 is 3.00 bits per heavy atom. The minimum Gasteiger partial charge on any atom is -0.392 e. The Morgan fingerprint density at radius 1 is 1.53 bits per heavy atom. The van der Waals surface area contributed by atoms with Crippen LogP contribution in [0.2, 0.25) is 0 Å². The summed E-state index contributed by atoms with van der Waals surface area (Å²) in [6, 6.07) is 6.32. The third-order valence-corrected chi connectivity index (χ3v) is 3.28. The normalized spacial score (nSPS) is 22.9. The van der Waals surface area contributed by atoms with Crippen LogP contribution in [-0.2, 0) is 0 Å². The van der Waals surface area contributed by atoms with Crippen molar-refractivity contribution in [3.63, 3.8) is 0 Å². The highest BCUT2D eigenvalue weighted by Crippen LogP contribution is 2.17. The summed E-state index contributed by atoms with van der Waals surface area (Å²) in [6.07, 6.45) is 1.44. The minimum absolute atomic E-state index is 0.136. The SMILES string of the molecule is NC(CCN1CCC(O)C1)c1cccc(F)c1. The largest absolute Gasteiger partial charge is 0.392 e. The number of rotatable bonds is 4. The van der Waals surface area contributed by atoms with Gasteiger partial charge in [0, 0.05) is 25.7 Å². The lowest BCUT2D eigenvalue weighted by atomic mass is 10.0. The van der Waals surface area contributed by atoms with E-state index in [1.165, 1.54) is 12.1 Å². The van der Waals surface area contributed by atoms with Crippen LogP contribution in [0.25, 0.3) is 0 Å². The number of halogens is 1. The molecule has 1 heterocycles. The van der Waals surface area contributed by atoms with E-state index in [2.05, 4.69) is 4.90 Å². The molecule has 1 aromatic rings. The average molecular weight is 238 g/mol. The van der Waals surface area contributed by atoms with E-state index in [-0.39, 0.29) is 18.0 Å². The quantitative estimate of drug-likeness (QED) is 0.831. The van der Waals surface area contributed by atoms with E-state index in [1.807, 2.05) is 6.07 Å². The molecule has 17 heavy (non-hydrogen) atoms. The summed E-state index contributed by atoms with van der Waals surface area (Å²) in [6.45, 7) is 2.52. The molecule has 0 aliphatic carbocycles. The highest BCUT2D eigenvalue weighted by Gasteiger charge is 2.20. The van der Waals surface area contributed by atoms with Crippen molar-refractivity contribution in [2.45, 2.75) is 25.0 Å². The summed E-state index contributed by atoms with van der Waals surface area (Å²) in [5, 5.41) is 9.40. The summed E-state index contributed by atoms with van der Waals surface area (Å²) in [5.74, 6) is -0.241. The molecule has 0 amide bonds. The third-order valence-electron chi connectivity index (χ3n) is 3.28. The maximum Gasteiger partial charge on any atom is 0.123 e. The van der Waals surface area contributed by atoms with Crippen molar-refractivity contribution >= 4 is 0 Å². The van der Waals surface area contributed by atoms with Gasteiger partial charge in [0.05, 0.1) is 6.10 Å². The molecule has 1 fully saturated rings. The van der Waals surface area contributed by atoms with Crippen LogP contribution in [0, 0.1) is 5.82 Å². The summed E-state index contributed by atoms with van der Waals surface area (Å²) >= 11 is 0. The van der Waals surface area contributed by atoms with Crippen molar-refractivity contribution in [3.05, 3.63) is 35.6 Å². The van der Waals surface area contributed by atoms with E-state index >= 15 is 0 Å². The number of β-amino-alcohol motifs (C(OH)–C–C–N with tert-alkyl or cyclic N) is 1. The number of hydrogen-bond donors (Lipinski definition) is 2. The van der Waals surface area contributed by atoms with Gasteiger partial charge in [0.1, 0.15) is 5.82 Å². The molecule has 0 radical (unpaired) electrons. The molecule has 0 aromatic heterocycles. The fourth-order valence-electron chi connectivity index (χ4n) is 2.24. The van der Waals surface area contributed by atoms with E-state index in [1.54, 1.807) is 6.07 Å². The summed E-state index contributed by atoms with van der Waals surface area (Å²) in [7, 11) is 0. The standard InChI is InChI=1S/C13H19FN2O/c14-11-3-1-2-10(8-11)13(15)5-7-16-6-4-12(17)9-16/h1-3,8,12-13,17H,4-7,9,15H2. The number of likely N-dealkylation sites (tertiary alicyclic amines) is 1. The molecule has 1 aromatic carbocycles. The molecule has 0 saturated carbocycles. The van der Waals surface area contributed by atoms with Gasteiger partial charge < -0.3 is 15.7 Å². The van der Waals surface area contributed by atoms with Gasteiger partial charge in [0.25, 0.3) is 0 Å². The van der Waals surface area contributed by atoms with Crippen LogP contribution in [0.15, 0.2) is 24.3 Å². The first-order chi connectivity index (χ1) is 8.15. The van der Waals surface area contributed by atoms with E-state index in [0.29, 0.717) is 0 Å². The molecule has 2 rings (SSSR count). The van der Waals surface area contributed by atoms with Gasteiger partial charge in [-0.15, -0.1) is 0 Å². The van der Waals surface area contributed by atoms with Gasteiger partial charge in [-0.1, -0.05) is 12.1 Å². The molecule has 2 unspecified atom stereocenters. The fraction of sp³-hybridized carbons (Fsp3) is 0.538. The van der Waals surface area contributed by atoms with Gasteiger partial charge in [-0.2, -0.15) is 0 Å². The Bertz CT molecular complexity index is 372. The lowest BCUT2D eigenvalue weighted by Gasteiger charge is -2.18. The maximum absolute atomic E-state index is 13.0. The smallest absolute Gasteiger partial charge is 0.123 e. The van der Waals surface area contributed by atoms with Crippen molar-refractivity contribution in [2.75, 3.05) is 19.6 Å². The lowest BCUT2D eigenvalue weighted by Crippen LogP contribution is -2.26. The van der Waals surface area contributed by atoms with Gasteiger partial charge in [-0.25, -0.2) is 4.39 Å². The molecule has 94 valence electrons. The second-order valence-corrected chi connectivity index (χ2v) is 4.69. The molecule has 1 aliphatic rings. The second kappa shape index (κ2) is 5.58. The lowest BCUT2D eigenvalue weighted by molar-refractivity contribution is 0.175. The van der Waals surface area contributed by atoms with Crippen LogP contribution in [0.4, 0.5) is 4.39 Å². The Balaban J connectivity index is 1.83. The average Bonchev–Trinajstić information content (AvgIpc) is 2.72. The number of hydrogen-bond acceptors (Lipinski definition) is 3. The zero-order valence-corrected chi connectivity index (χ0v) is 9.85. The van der Waals surface area contributed by atoms with Gasteiger partial charge >= 0.3 is 0 Å². The molecule has 0 spiro atoms. The Hall–Kier alpha value is -0.970. The van der Waals surface area contributed by atoms with Crippen LogP contribution >= 0.6 is 0 Å². The first kappa shape index (κ1) is 12.5. The molecule has 4 heteroatoms. The van der Waals surface area contributed by atoms with Crippen LogP contribution < -0.4 is 5.73 Å². The Morgan fingerprint density at radius 2 is 2.35 bits per heavy atom. The van der Waals surface area contributed by atoms with Crippen LogP contribution in [-0.4, -0.2) is 35.7 Å². The molecule has 1 aliphatic heterocycles. The minimum atomic E-state index is -0.241. The Labute approximate surface area is 101 Å². The molecular weight excluding hydrogens is 219 g/mol. The topological polar surface area (TPSA) is 49.5 Å². The zero-order chi connectivity index (χ0) is 12.3. The number of benzene rings is 1. The van der Waals surface area contributed by atoms with E-state index in [4.69, 9.17) is 5.73 Å². The zero-order valence-electron chi connectivity index (χ0n) is 9.85. The number of nitrogens with two attached hydrogens (primary N) is 1. The van der Waals surface area contributed by atoms with Crippen molar-refractivity contribution in [1.29, 1.82) is 0 Å². The third kappa shape index (κ3) is 3.49. The number of aliphatic hydroxyl groups is 1. The number of aliphatic hydroxyl groups excluding tert-OH is 1. The van der Waals surface area contributed by atoms with Crippen molar-refractivity contribution < 1.29 is 9.50 Å². The second-order valence-electron chi connectivity index (χ2n) is 4.69. The van der Waals surface area contributed by atoms with Gasteiger partial charge in [0.15, 0.2) is 0 Å². The molecule has 2 atom stereocenters. The number of nitrogens with zero attached hydrogens (tertiary/aromatic N) is 1. The van der Waals surface area contributed by atoms with Gasteiger partial charge in [-0.3, -0.25) is 0 Å². The summed E-state index contributed by atoms with van der Waals surface area (Å²) in [4.78, 5) is 2.20. The van der Waals surface area contributed by atoms with E-state index in [0.717, 1.165) is 38.0 Å². The van der Waals surface area contributed by atoms with Crippen LogP contribution in [0.3, 0.4) is 0 Å². The van der Waals surface area contributed by atoms with Gasteiger partial charge in [0.2, 0.25) is 0 Å². The fourth-order valence-corrected chi connectivity index (χ4v) is 2.24. The van der Waals surface area contributed by atoms with Crippen molar-refractivity contribution in [3.8, 4) is 0 Å².